The van der Waals surface area contributed by atoms with E-state index in [2.05, 4.69) is 10.3 Å². The minimum Gasteiger partial charge on any atom is -0.361 e. The first kappa shape index (κ1) is 4.23. The van der Waals surface area contributed by atoms with Crippen molar-refractivity contribution in [1.29, 1.82) is 0 Å². The standard InChI is InChI=1S/C3H6N4/c1-7-2-3(4)5-6-7/h4H,2H2,1H3/p+1. The Balaban J connectivity index is 2.61. The van der Waals surface area contributed by atoms with Gasteiger partial charge in [0.05, 0.1) is 12.1 Å². The molecule has 4 heteroatoms. The Morgan fingerprint density at radius 2 is 2.57 bits per heavy atom. The zero-order chi connectivity index (χ0) is 5.28. The maximum atomic E-state index is 5.24. The van der Waals surface area contributed by atoms with Crippen LogP contribution in [0.25, 0.3) is 0 Å². The minimum absolute atomic E-state index is 0.586. The summed E-state index contributed by atoms with van der Waals surface area (Å²) in [6.07, 6.45) is 0. The highest BCUT2D eigenvalue weighted by Crippen LogP contribution is 1.85. The Morgan fingerprint density at radius 3 is 2.71 bits per heavy atom. The van der Waals surface area contributed by atoms with Crippen molar-refractivity contribution >= 4 is 5.84 Å². The van der Waals surface area contributed by atoms with E-state index in [1.807, 2.05) is 7.05 Å². The van der Waals surface area contributed by atoms with E-state index in [-0.39, 0.29) is 0 Å². The number of amidine groups is 1. The number of nitrogens with zero attached hydrogens (tertiary/aromatic N) is 3. The van der Waals surface area contributed by atoms with Crippen molar-refractivity contribution < 1.29 is 4.70 Å². The van der Waals surface area contributed by atoms with Crippen LogP contribution in [-0.4, -0.2) is 24.1 Å². The van der Waals surface area contributed by atoms with Crippen molar-refractivity contribution in [3.05, 3.63) is 0 Å². The Kier molecular flexibility index (Phi) is 0.780. The van der Waals surface area contributed by atoms with Gasteiger partial charge in [-0.15, -0.1) is 0 Å². The molecule has 0 aromatic carbocycles. The second-order valence-corrected chi connectivity index (χ2v) is 1.50. The number of nitrogens with two attached hydrogens (primary N) is 1. The Morgan fingerprint density at radius 1 is 1.86 bits per heavy atom. The van der Waals surface area contributed by atoms with Crippen molar-refractivity contribution in [2.75, 3.05) is 13.6 Å². The molecule has 0 aromatic rings. The van der Waals surface area contributed by atoms with Gasteiger partial charge in [0.15, 0.2) is 6.54 Å². The molecule has 0 atom stereocenters. The third-order valence-electron chi connectivity index (χ3n) is 0.717. The summed E-state index contributed by atoms with van der Waals surface area (Å²) in [6, 6.07) is 0. The fourth-order valence-corrected chi connectivity index (χ4v) is 0.431. The lowest BCUT2D eigenvalue weighted by atomic mass is 10.6. The molecular formula is C3H7N4+. The van der Waals surface area contributed by atoms with Crippen molar-refractivity contribution in [1.82, 2.24) is 0 Å². The van der Waals surface area contributed by atoms with Gasteiger partial charge in [-0.25, -0.2) is 0 Å². The quantitative estimate of drug-likeness (QED) is 0.404. The highest BCUT2D eigenvalue weighted by molar-refractivity contribution is 5.81. The van der Waals surface area contributed by atoms with Crippen LogP contribution in [0.2, 0.25) is 0 Å². The van der Waals surface area contributed by atoms with Crippen LogP contribution in [0.3, 0.4) is 0 Å². The molecule has 0 saturated heterocycles. The molecule has 1 aliphatic heterocycles. The molecule has 0 spiro atoms. The fraction of sp³-hybridized carbons (Fsp3) is 0.667. The molecule has 0 aromatic heterocycles. The van der Waals surface area contributed by atoms with E-state index in [0.29, 0.717) is 12.4 Å². The van der Waals surface area contributed by atoms with Crippen LogP contribution in [-0.2, 0) is 0 Å². The molecule has 4 nitrogen and oxygen atoms in total. The van der Waals surface area contributed by atoms with Gasteiger partial charge in [-0.1, -0.05) is 0 Å². The second kappa shape index (κ2) is 1.29. The van der Waals surface area contributed by atoms with E-state index in [0.717, 1.165) is 0 Å². The summed E-state index contributed by atoms with van der Waals surface area (Å²) in [7, 11) is 1.82. The van der Waals surface area contributed by atoms with Crippen molar-refractivity contribution in [3.8, 4) is 0 Å². The number of likely N-dealkylation sites (N-methyl/N-ethyl adjacent to an activating group) is 1. The van der Waals surface area contributed by atoms with Gasteiger partial charge in [0.25, 0.3) is 5.84 Å². The first-order valence-corrected chi connectivity index (χ1v) is 2.03. The summed E-state index contributed by atoms with van der Waals surface area (Å²) >= 11 is 0. The van der Waals surface area contributed by atoms with Crippen molar-refractivity contribution in [3.63, 3.8) is 0 Å². The van der Waals surface area contributed by atoms with Gasteiger partial charge in [-0.3, -0.25) is 0 Å². The highest BCUT2D eigenvalue weighted by atomic mass is 15.5. The predicted octanol–water partition coefficient (Wildman–Crippen LogP) is -0.633. The Labute approximate surface area is 41.3 Å². The van der Waals surface area contributed by atoms with Gasteiger partial charge >= 0.3 is 0 Å². The molecule has 0 unspecified atom stereocenters. The molecule has 1 rings (SSSR count). The smallest absolute Gasteiger partial charge is 0.286 e. The zero-order valence-corrected chi connectivity index (χ0v) is 4.13. The largest absolute Gasteiger partial charge is 0.361 e. The molecule has 38 valence electrons. The number of hydrogen-bond donors (Lipinski definition) is 1. The molecule has 1 aliphatic rings. The molecule has 0 amide bonds. The van der Waals surface area contributed by atoms with Gasteiger partial charge in [0.2, 0.25) is 0 Å². The maximum Gasteiger partial charge on any atom is 0.286 e. The zero-order valence-electron chi connectivity index (χ0n) is 4.13. The molecule has 0 radical (unpaired) electrons. The van der Waals surface area contributed by atoms with Crippen LogP contribution >= 0.6 is 0 Å². The lowest BCUT2D eigenvalue weighted by Gasteiger charge is -1.77. The molecule has 0 bridgehead atoms. The first-order valence-electron chi connectivity index (χ1n) is 2.03. The summed E-state index contributed by atoms with van der Waals surface area (Å²) in [6.45, 7) is 0.667. The van der Waals surface area contributed by atoms with E-state index in [1.54, 1.807) is 4.70 Å². The summed E-state index contributed by atoms with van der Waals surface area (Å²) in [4.78, 5) is 0. The van der Waals surface area contributed by atoms with Crippen LogP contribution in [0.5, 0.6) is 0 Å². The van der Waals surface area contributed by atoms with Crippen molar-refractivity contribution in [2.24, 2.45) is 16.1 Å². The van der Waals surface area contributed by atoms with E-state index < -0.39 is 0 Å². The van der Waals surface area contributed by atoms with Gasteiger partial charge < -0.3 is 5.73 Å². The van der Waals surface area contributed by atoms with Gasteiger partial charge in [-0.2, -0.15) is 4.70 Å². The normalized spacial score (nSPS) is 19.0. The third kappa shape index (κ3) is 0.734. The summed E-state index contributed by atoms with van der Waals surface area (Å²) < 4.78 is 1.68. The molecule has 1 heterocycles. The predicted molar refractivity (Wildman–Crippen MR) is 25.1 cm³/mol. The monoisotopic (exact) mass is 99.1 g/mol. The van der Waals surface area contributed by atoms with Crippen molar-refractivity contribution in [2.45, 2.75) is 0 Å². The average molecular weight is 99.1 g/mol. The summed E-state index contributed by atoms with van der Waals surface area (Å²) in [5.74, 6) is 0.586. The molecular weight excluding hydrogens is 92.1 g/mol. The average Bonchev–Trinajstić information content (AvgIpc) is 1.87. The van der Waals surface area contributed by atoms with E-state index in [1.165, 1.54) is 0 Å². The topological polar surface area (TPSA) is 53.8 Å². The van der Waals surface area contributed by atoms with E-state index >= 15 is 0 Å². The van der Waals surface area contributed by atoms with Crippen LogP contribution in [0.15, 0.2) is 10.3 Å². The van der Waals surface area contributed by atoms with E-state index in [9.17, 15) is 0 Å². The number of hydrogen-bond acceptors (Lipinski definition) is 3. The fourth-order valence-electron chi connectivity index (χ4n) is 0.431. The number of rotatable bonds is 0. The molecule has 7 heavy (non-hydrogen) atoms. The summed E-state index contributed by atoms with van der Waals surface area (Å²) in [5, 5.41) is 7.18. The molecule has 0 fully saturated rings. The highest BCUT2D eigenvalue weighted by Gasteiger charge is 2.10. The first-order chi connectivity index (χ1) is 3.29. The Hall–Kier alpha value is -0.930. The molecule has 2 N–H and O–H groups in total. The molecule has 0 aliphatic carbocycles. The Bertz CT molecular complexity index is 118. The second-order valence-electron chi connectivity index (χ2n) is 1.50. The third-order valence-corrected chi connectivity index (χ3v) is 0.717. The van der Waals surface area contributed by atoms with Crippen LogP contribution in [0.4, 0.5) is 0 Å². The van der Waals surface area contributed by atoms with E-state index in [4.69, 9.17) is 5.73 Å². The van der Waals surface area contributed by atoms with Gasteiger partial charge in [0, 0.05) is 0 Å². The lowest BCUT2D eigenvalue weighted by Crippen LogP contribution is -2.18. The summed E-state index contributed by atoms with van der Waals surface area (Å²) in [5.41, 5.74) is 5.24. The van der Waals surface area contributed by atoms with Crippen LogP contribution in [0.1, 0.15) is 0 Å². The molecule has 0 saturated carbocycles. The van der Waals surface area contributed by atoms with Gasteiger partial charge in [0.1, 0.15) is 5.22 Å². The van der Waals surface area contributed by atoms with Crippen LogP contribution < -0.4 is 5.73 Å². The minimum atomic E-state index is 0.586. The van der Waals surface area contributed by atoms with Crippen LogP contribution in [0, 0.1) is 0 Å². The van der Waals surface area contributed by atoms with Gasteiger partial charge in [-0.05, 0) is 0 Å². The SMILES string of the molecule is C[N+]1=NN=C(N)C1. The maximum absolute atomic E-state index is 5.24. The lowest BCUT2D eigenvalue weighted by molar-refractivity contribution is -0.547.